The molecule has 1 heterocycles. The molecule has 0 bridgehead atoms. The van der Waals surface area contributed by atoms with Crippen molar-refractivity contribution in [1.29, 1.82) is 0 Å². The molecule has 0 atom stereocenters. The summed E-state index contributed by atoms with van der Waals surface area (Å²) < 4.78 is 50.5. The number of halogens is 3. The van der Waals surface area contributed by atoms with Gasteiger partial charge in [0.2, 0.25) is 0 Å². The van der Waals surface area contributed by atoms with E-state index in [9.17, 15) is 0 Å². The zero-order valence-corrected chi connectivity index (χ0v) is 22.2. The van der Waals surface area contributed by atoms with Gasteiger partial charge in [0, 0.05) is 5.56 Å². The van der Waals surface area contributed by atoms with Crippen LogP contribution in [0, 0.1) is 5.82 Å². The minimum atomic E-state index is -3.60. The van der Waals surface area contributed by atoms with Gasteiger partial charge in [-0.15, -0.1) is 0 Å². The number of rotatable bonds is 13. The van der Waals surface area contributed by atoms with Crippen molar-refractivity contribution in [3.8, 4) is 28.0 Å². The molecule has 4 rings (SSSR count). The first-order chi connectivity index (χ1) is 17.9. The highest BCUT2D eigenvalue weighted by atomic mass is 19.3. The largest absolute Gasteiger partial charge is 0.427 e. The Morgan fingerprint density at radius 1 is 0.649 bits per heavy atom. The summed E-state index contributed by atoms with van der Waals surface area (Å²) in [7, 11) is 0. The van der Waals surface area contributed by atoms with Crippen LogP contribution in [0.15, 0.2) is 54.6 Å². The van der Waals surface area contributed by atoms with Crippen LogP contribution >= 0.6 is 0 Å². The second-order valence-corrected chi connectivity index (χ2v) is 10.3. The minimum absolute atomic E-state index is 0.219. The van der Waals surface area contributed by atoms with Gasteiger partial charge in [0.1, 0.15) is 0 Å². The molecule has 3 aromatic carbocycles. The molecule has 0 amide bonds. The van der Waals surface area contributed by atoms with Crippen LogP contribution in [0.2, 0.25) is 0 Å². The predicted octanol–water partition coefficient (Wildman–Crippen LogP) is 10.6. The Morgan fingerprint density at radius 2 is 1.24 bits per heavy atom. The molecule has 0 spiro atoms. The van der Waals surface area contributed by atoms with Crippen LogP contribution in [0.3, 0.4) is 0 Å². The molecule has 0 saturated carbocycles. The Hall–Kier alpha value is -2.75. The van der Waals surface area contributed by atoms with E-state index in [2.05, 4.69) is 26.0 Å². The van der Waals surface area contributed by atoms with E-state index in [-0.39, 0.29) is 11.3 Å². The summed E-state index contributed by atoms with van der Waals surface area (Å²) in [5.74, 6) is -0.998. The third kappa shape index (κ3) is 6.58. The summed E-state index contributed by atoms with van der Waals surface area (Å²) >= 11 is 0. The number of hydrogen-bond acceptors (Lipinski definition) is 1. The number of fused-ring (bicyclic) bond motifs is 3. The van der Waals surface area contributed by atoms with Crippen molar-refractivity contribution >= 4 is 0 Å². The number of aryl methyl sites for hydroxylation is 2. The van der Waals surface area contributed by atoms with Gasteiger partial charge in [0.05, 0.1) is 5.56 Å². The summed E-state index contributed by atoms with van der Waals surface area (Å²) in [4.78, 5) is 0. The number of benzene rings is 3. The highest BCUT2D eigenvalue weighted by Crippen LogP contribution is 2.49. The van der Waals surface area contributed by atoms with Crippen LogP contribution in [0.25, 0.3) is 22.3 Å². The molecule has 1 aliphatic heterocycles. The molecule has 0 aliphatic carbocycles. The maximum Gasteiger partial charge on any atom is 0.427 e. The van der Waals surface area contributed by atoms with Crippen LogP contribution in [-0.2, 0) is 19.0 Å². The van der Waals surface area contributed by atoms with Crippen LogP contribution in [-0.4, -0.2) is 0 Å². The second kappa shape index (κ2) is 12.7. The van der Waals surface area contributed by atoms with E-state index in [1.165, 1.54) is 50.2 Å². The highest BCUT2D eigenvalue weighted by molar-refractivity contribution is 5.80. The highest BCUT2D eigenvalue weighted by Gasteiger charge is 2.43. The summed E-state index contributed by atoms with van der Waals surface area (Å²) in [6.45, 7) is 4.34. The van der Waals surface area contributed by atoms with Gasteiger partial charge in [-0.2, -0.15) is 8.78 Å². The summed E-state index contributed by atoms with van der Waals surface area (Å²) in [5.41, 5.74) is 3.77. The Balaban J connectivity index is 1.50. The molecular weight excluding hydrogens is 469 g/mol. The van der Waals surface area contributed by atoms with Gasteiger partial charge in [-0.25, -0.2) is 4.39 Å². The third-order valence-corrected chi connectivity index (χ3v) is 7.44. The molecule has 198 valence electrons. The molecule has 0 unspecified atom stereocenters. The zero-order chi connectivity index (χ0) is 26.3. The first-order valence-corrected chi connectivity index (χ1v) is 14.1. The molecule has 0 radical (unpaired) electrons. The number of unbranched alkanes of at least 4 members (excludes halogenated alkanes) is 8. The zero-order valence-electron chi connectivity index (χ0n) is 22.2. The lowest BCUT2D eigenvalue weighted by molar-refractivity contribution is -0.188. The molecule has 4 heteroatoms. The molecule has 0 aromatic heterocycles. The number of alkyl halides is 2. The number of ether oxygens (including phenoxy) is 1. The smallest absolute Gasteiger partial charge is 0.425 e. The van der Waals surface area contributed by atoms with Crippen LogP contribution < -0.4 is 4.74 Å². The summed E-state index contributed by atoms with van der Waals surface area (Å²) in [6.07, 6.45) is 9.51. The van der Waals surface area contributed by atoms with Crippen molar-refractivity contribution in [3.63, 3.8) is 0 Å². The average molecular weight is 509 g/mol. The SMILES string of the molecule is CCCCCCCCc1ccc(-c2ccc3c(c2)C(F)(F)Oc2c-3ccc(CCCCCC)c2F)cc1. The molecular formula is C33H39F3O. The van der Waals surface area contributed by atoms with Crippen molar-refractivity contribution in [3.05, 3.63) is 77.1 Å². The molecule has 0 fully saturated rings. The van der Waals surface area contributed by atoms with Crippen LogP contribution in [0.1, 0.15) is 94.7 Å². The van der Waals surface area contributed by atoms with Gasteiger partial charge in [0.15, 0.2) is 11.6 Å². The fourth-order valence-corrected chi connectivity index (χ4v) is 5.20. The molecule has 0 saturated heterocycles. The van der Waals surface area contributed by atoms with Crippen molar-refractivity contribution in [2.45, 2.75) is 97.0 Å². The maximum absolute atomic E-state index is 15.2. The second-order valence-electron chi connectivity index (χ2n) is 10.3. The minimum Gasteiger partial charge on any atom is -0.425 e. The first kappa shape index (κ1) is 27.3. The fourth-order valence-electron chi connectivity index (χ4n) is 5.20. The van der Waals surface area contributed by atoms with E-state index in [0.29, 0.717) is 28.7 Å². The van der Waals surface area contributed by atoms with E-state index in [0.717, 1.165) is 37.7 Å². The average Bonchev–Trinajstić information content (AvgIpc) is 2.90. The summed E-state index contributed by atoms with van der Waals surface area (Å²) in [5, 5.41) is 0. The Bertz CT molecular complexity index is 1170. The van der Waals surface area contributed by atoms with E-state index < -0.39 is 11.9 Å². The molecule has 1 nitrogen and oxygen atoms in total. The van der Waals surface area contributed by atoms with Crippen molar-refractivity contribution < 1.29 is 17.9 Å². The summed E-state index contributed by atoms with van der Waals surface area (Å²) in [6, 6.07) is 16.6. The Kier molecular flexibility index (Phi) is 9.34. The van der Waals surface area contributed by atoms with Gasteiger partial charge < -0.3 is 4.74 Å². The Labute approximate surface area is 220 Å². The van der Waals surface area contributed by atoms with Crippen molar-refractivity contribution in [2.24, 2.45) is 0 Å². The lowest BCUT2D eigenvalue weighted by atomic mass is 9.90. The van der Waals surface area contributed by atoms with E-state index >= 15 is 13.2 Å². The molecule has 1 aliphatic rings. The van der Waals surface area contributed by atoms with Crippen molar-refractivity contribution in [2.75, 3.05) is 0 Å². The Morgan fingerprint density at radius 3 is 1.97 bits per heavy atom. The number of hydrogen-bond donors (Lipinski definition) is 0. The van der Waals surface area contributed by atoms with Gasteiger partial charge >= 0.3 is 6.11 Å². The van der Waals surface area contributed by atoms with Gasteiger partial charge in [-0.3, -0.25) is 0 Å². The fraction of sp³-hybridized carbons (Fsp3) is 0.455. The normalized spacial score (nSPS) is 13.6. The monoisotopic (exact) mass is 508 g/mol. The predicted molar refractivity (Wildman–Crippen MR) is 147 cm³/mol. The third-order valence-electron chi connectivity index (χ3n) is 7.44. The van der Waals surface area contributed by atoms with E-state index in [1.807, 2.05) is 18.2 Å². The van der Waals surface area contributed by atoms with E-state index in [1.54, 1.807) is 18.2 Å². The van der Waals surface area contributed by atoms with Crippen molar-refractivity contribution in [1.82, 2.24) is 0 Å². The van der Waals surface area contributed by atoms with Gasteiger partial charge in [-0.05, 0) is 59.6 Å². The van der Waals surface area contributed by atoms with Gasteiger partial charge in [-0.1, -0.05) is 114 Å². The molecule has 37 heavy (non-hydrogen) atoms. The van der Waals surface area contributed by atoms with Gasteiger partial charge in [0.25, 0.3) is 0 Å². The molecule has 0 N–H and O–H groups in total. The maximum atomic E-state index is 15.2. The van der Waals surface area contributed by atoms with E-state index in [4.69, 9.17) is 4.74 Å². The van der Waals surface area contributed by atoms with Crippen LogP contribution in [0.5, 0.6) is 5.75 Å². The molecule has 3 aromatic rings. The first-order valence-electron chi connectivity index (χ1n) is 14.1. The lowest BCUT2D eigenvalue weighted by Crippen LogP contribution is -2.27. The standard InChI is InChI=1S/C33H39F3O/c1-3-5-7-9-10-11-13-24-15-17-25(18-16-24)27-20-21-28-29-22-19-26(14-12-8-6-4-2)31(34)32(29)37-33(35,36)30(28)23-27/h15-23H,3-14H2,1-2H3. The quantitative estimate of drug-likeness (QED) is 0.209. The lowest BCUT2D eigenvalue weighted by Gasteiger charge is -2.29. The van der Waals surface area contributed by atoms with Crippen LogP contribution in [0.4, 0.5) is 13.2 Å². The topological polar surface area (TPSA) is 9.23 Å².